The maximum Gasteiger partial charge on any atom is 0.139 e. The van der Waals surface area contributed by atoms with Gasteiger partial charge in [-0.05, 0) is 436 Å². The van der Waals surface area contributed by atoms with E-state index < -0.39 is 0 Å². The van der Waals surface area contributed by atoms with Crippen LogP contribution in [0.3, 0.4) is 0 Å². The minimum atomic E-state index is -0.0634. The summed E-state index contributed by atoms with van der Waals surface area (Å²) in [4.78, 5) is 12.7. The van der Waals surface area contributed by atoms with Crippen LogP contribution < -0.4 is 0 Å². The Morgan fingerprint density at radius 2 is 0.893 bits per heavy atom. The van der Waals surface area contributed by atoms with Gasteiger partial charge in [0.2, 0.25) is 0 Å². The van der Waals surface area contributed by atoms with E-state index in [0.29, 0.717) is 29.3 Å². The molecular weight excluding hydrogens is 1250 g/mol. The smallest absolute Gasteiger partial charge is 0.139 e. The molecule has 580 valence electrons. The number of aryl methyl sites for hydroxylation is 1. The molecule has 0 spiro atoms. The molecule has 2 heteroatoms. The number of Topliss-reactive ketones (excluding diaryl/α,β-unsaturated/α-hetero) is 1. The molecule has 0 heterocycles. The third-order valence-corrected chi connectivity index (χ3v) is 41.6. The van der Waals surface area contributed by atoms with E-state index in [9.17, 15) is 9.90 Å². The van der Waals surface area contributed by atoms with Gasteiger partial charge in [0.15, 0.2) is 0 Å². The normalized spacial score (nSPS) is 51.3. The van der Waals surface area contributed by atoms with E-state index in [0.717, 1.165) is 177 Å². The van der Waals surface area contributed by atoms with Crippen molar-refractivity contribution in [3.05, 3.63) is 29.3 Å². The summed E-state index contributed by atoms with van der Waals surface area (Å²) in [5, 5.41) is 9.74. The highest BCUT2D eigenvalue weighted by Gasteiger charge is 2.60. The third kappa shape index (κ3) is 14.1. The fourth-order valence-electron chi connectivity index (χ4n) is 35.4. The second-order valence-corrected chi connectivity index (χ2v) is 45.5. The maximum atomic E-state index is 12.7. The molecule has 2 nitrogen and oxygen atoms in total. The molecule has 1 aromatic carbocycles. The zero-order chi connectivity index (χ0) is 71.2. The molecule has 0 radical (unpaired) electrons. The summed E-state index contributed by atoms with van der Waals surface area (Å²) in [6.07, 6.45) is 83.5. The SMILES string of the molecule is CC[C@H]1CC[C@H]2[C@@H]3CC[C@H]4CCCC[C@H]4C[C@H]3CC[C@]12C.C[C@@]12CCCC1C1CC[C@H]3CCCCC[C@]3(C)C1CC2.C[C@@]12CCC[C@H]1C[C@@H]1CC[C@H]3CCCC[C@]3(C)[C@H]1CC2.C[C@@]12CCC[C@H]1[C@@H]1CC[C@H]3CCCC[C@]3(C)[C@@H](CC2)C1.C[C@]12CCC3c4ccc(O)cc4CCC3C1CCCCC2=O. The third-order valence-electron chi connectivity index (χ3n) is 41.6. The largest absolute Gasteiger partial charge is 0.508 e. The van der Waals surface area contributed by atoms with Crippen LogP contribution in [-0.2, 0) is 11.2 Å². The van der Waals surface area contributed by atoms with Gasteiger partial charge in [-0.2, -0.15) is 0 Å². The van der Waals surface area contributed by atoms with Crippen molar-refractivity contribution < 1.29 is 9.90 Å². The first-order valence-corrected chi connectivity index (χ1v) is 48.0. The lowest BCUT2D eigenvalue weighted by atomic mass is 9.47. The number of benzene rings is 1. The number of phenols is 1. The Morgan fingerprint density at radius 1 is 0.330 bits per heavy atom. The fourth-order valence-corrected chi connectivity index (χ4v) is 35.4. The Balaban J connectivity index is 0.0000000994. The first-order valence-electron chi connectivity index (χ1n) is 48.0. The minimum absolute atomic E-state index is 0.0634. The zero-order valence-corrected chi connectivity index (χ0v) is 69.3. The van der Waals surface area contributed by atoms with Crippen molar-refractivity contribution in [2.75, 3.05) is 0 Å². The van der Waals surface area contributed by atoms with Gasteiger partial charge in [0.25, 0.3) is 0 Å². The molecule has 0 aromatic heterocycles. The number of carbonyl (C=O) groups excluding carboxylic acids is 1. The Bertz CT molecular complexity index is 3010. The Morgan fingerprint density at radius 3 is 1.67 bits per heavy atom. The number of ketones is 1. The number of rotatable bonds is 1. The Labute approximate surface area is 636 Å². The minimum Gasteiger partial charge on any atom is -0.508 e. The van der Waals surface area contributed by atoms with Crippen LogP contribution in [-0.4, -0.2) is 10.9 Å². The van der Waals surface area contributed by atoms with Gasteiger partial charge in [0, 0.05) is 11.8 Å². The lowest BCUT2D eigenvalue weighted by Crippen LogP contribution is -2.50. The highest BCUT2D eigenvalue weighted by atomic mass is 16.3. The van der Waals surface area contributed by atoms with Crippen molar-refractivity contribution in [3.8, 4) is 5.75 Å². The van der Waals surface area contributed by atoms with Gasteiger partial charge in [-0.3, -0.25) is 4.79 Å². The predicted molar refractivity (Wildman–Crippen MR) is 434 cm³/mol. The number of fused-ring (bicyclic) bond motifs is 24. The van der Waals surface area contributed by atoms with E-state index in [1.807, 2.05) is 12.1 Å². The van der Waals surface area contributed by atoms with E-state index in [2.05, 4.69) is 68.4 Å². The van der Waals surface area contributed by atoms with Crippen molar-refractivity contribution in [1.82, 2.24) is 0 Å². The molecule has 29 atom stereocenters. The van der Waals surface area contributed by atoms with Crippen molar-refractivity contribution >= 4 is 5.78 Å². The average molecular weight is 1410 g/mol. The number of phenolic OH excluding ortho intramolecular Hbond substituents is 1. The van der Waals surface area contributed by atoms with Crippen LogP contribution in [0.4, 0.5) is 0 Å². The lowest BCUT2D eigenvalue weighted by Gasteiger charge is -2.58. The predicted octanol–water partition coefficient (Wildman–Crippen LogP) is 29.6. The summed E-state index contributed by atoms with van der Waals surface area (Å²) in [5.41, 5.74) is 7.85. The van der Waals surface area contributed by atoms with E-state index in [1.165, 1.54) is 120 Å². The molecule has 6 unspecified atom stereocenters. The van der Waals surface area contributed by atoms with Crippen LogP contribution >= 0.6 is 0 Å². The topological polar surface area (TPSA) is 37.3 Å². The first-order chi connectivity index (χ1) is 49.7. The quantitative estimate of drug-likeness (QED) is 0.304. The van der Waals surface area contributed by atoms with Crippen LogP contribution in [0.2, 0.25) is 0 Å². The standard InChI is InChI=1S/C21H36.C20H26O2.3C20H34/c1-3-18-9-11-20-19-10-8-15-6-4-5-7-16(15)14-17(19)12-13-21(18,20)2;1-20-11-10-16-15-9-7-14(21)12-13(15)6-8-17(16)18(20)4-2-3-5-19(20)22;1-19-11-5-7-18(19)15-8-9-16-6-3-4-12-20(16,2)17(14-15)10-13-19;1-19-11-5-7-17(19)14-15-8-9-16-6-3-4-12-20(16,2)18(15)10-13-19;1-19-12-6-8-17(19)16-10-9-15-7-4-3-5-13-20(15,2)18(16)11-14-19/h15-20H,3-14H2,1-2H3;7,9,12,16-18,21H,2-6,8,10-11H2,1H3;3*15-18H,3-14H2,1-2H3/t15-,16+,17-,18+,19-,20+,21-;16?,17?,18?,20-;15-,16-,17+,18+,19+,20+;15-,16+,17-,18-,19-,20-;15-,16?,17?,18?,19+,20+/m10101/s1. The maximum absolute atomic E-state index is 12.7. The summed E-state index contributed by atoms with van der Waals surface area (Å²) in [5.74, 6) is 22.5. The van der Waals surface area contributed by atoms with Crippen molar-refractivity contribution in [3.63, 3.8) is 0 Å². The van der Waals surface area contributed by atoms with Crippen molar-refractivity contribution in [2.45, 2.75) is 428 Å². The van der Waals surface area contributed by atoms with E-state index in [-0.39, 0.29) is 5.41 Å². The van der Waals surface area contributed by atoms with Crippen molar-refractivity contribution in [2.24, 2.45) is 162 Å². The van der Waals surface area contributed by atoms with Crippen LogP contribution in [0.1, 0.15) is 433 Å². The molecule has 0 amide bonds. The number of hydrogen-bond donors (Lipinski definition) is 1. The van der Waals surface area contributed by atoms with E-state index in [4.69, 9.17) is 0 Å². The van der Waals surface area contributed by atoms with Crippen LogP contribution in [0.25, 0.3) is 0 Å². The average Bonchev–Trinajstić information content (AvgIpc) is 1.69. The van der Waals surface area contributed by atoms with Gasteiger partial charge >= 0.3 is 0 Å². The molecule has 19 aliphatic carbocycles. The molecule has 19 aliphatic rings. The monoisotopic (exact) mass is 1410 g/mol. The lowest BCUT2D eigenvalue weighted by molar-refractivity contribution is -0.135. The van der Waals surface area contributed by atoms with Gasteiger partial charge in [-0.25, -0.2) is 0 Å². The molecule has 18 saturated carbocycles. The van der Waals surface area contributed by atoms with Gasteiger partial charge in [0.1, 0.15) is 11.5 Å². The van der Waals surface area contributed by atoms with Gasteiger partial charge < -0.3 is 5.11 Å². The number of carbonyl (C=O) groups is 1. The van der Waals surface area contributed by atoms with Gasteiger partial charge in [0.05, 0.1) is 0 Å². The van der Waals surface area contributed by atoms with E-state index >= 15 is 0 Å². The summed E-state index contributed by atoms with van der Waals surface area (Å²) in [6, 6.07) is 5.94. The number of aromatic hydroxyl groups is 1. The van der Waals surface area contributed by atoms with Crippen molar-refractivity contribution in [1.29, 1.82) is 0 Å². The molecular formula is C101H164O2. The fraction of sp³-hybridized carbons (Fsp3) is 0.931. The molecule has 20 rings (SSSR count). The van der Waals surface area contributed by atoms with Gasteiger partial charge in [-0.1, -0.05) is 171 Å². The molecule has 18 fully saturated rings. The first kappa shape index (κ1) is 75.7. The Hall–Kier alpha value is -1.31. The Kier molecular flexibility index (Phi) is 22.5. The zero-order valence-electron chi connectivity index (χ0n) is 69.3. The van der Waals surface area contributed by atoms with E-state index in [1.54, 1.807) is 218 Å². The molecule has 1 N–H and O–H groups in total. The molecule has 0 aliphatic heterocycles. The summed E-state index contributed by atoms with van der Waals surface area (Å²) < 4.78 is 0. The van der Waals surface area contributed by atoms with Crippen LogP contribution in [0, 0.1) is 162 Å². The molecule has 103 heavy (non-hydrogen) atoms. The van der Waals surface area contributed by atoms with Crippen LogP contribution in [0.15, 0.2) is 18.2 Å². The van der Waals surface area contributed by atoms with Crippen LogP contribution in [0.5, 0.6) is 5.75 Å². The highest BCUT2D eigenvalue weighted by molar-refractivity contribution is 5.85. The van der Waals surface area contributed by atoms with Gasteiger partial charge in [-0.15, -0.1) is 0 Å². The highest BCUT2D eigenvalue weighted by Crippen LogP contribution is 2.70. The molecule has 0 saturated heterocycles. The summed E-state index contributed by atoms with van der Waals surface area (Å²) >= 11 is 0. The second kappa shape index (κ2) is 30.6. The summed E-state index contributed by atoms with van der Waals surface area (Å²) in [7, 11) is 0. The summed E-state index contributed by atoms with van der Waals surface area (Å²) in [6.45, 7) is 23.5. The number of hydrogen-bond acceptors (Lipinski definition) is 2. The molecule has 2 bridgehead atoms. The second-order valence-electron chi connectivity index (χ2n) is 45.5. The molecule has 1 aromatic rings.